The van der Waals surface area contributed by atoms with Crippen molar-refractivity contribution in [3.05, 3.63) is 94.2 Å². The molecule has 0 amide bonds. The zero-order valence-corrected chi connectivity index (χ0v) is 16.1. The van der Waals surface area contributed by atoms with Crippen molar-refractivity contribution >= 4 is 28.9 Å². The van der Waals surface area contributed by atoms with E-state index in [4.69, 9.17) is 9.47 Å². The fourth-order valence-corrected chi connectivity index (χ4v) is 2.91. The number of ether oxygens (including phenoxy) is 2. The van der Waals surface area contributed by atoms with Gasteiger partial charge in [0.05, 0.1) is 23.1 Å². The fraction of sp³-hybridized carbons (Fsp3) is 0.0435. The van der Waals surface area contributed by atoms with Gasteiger partial charge in [0.25, 0.3) is 5.69 Å². The standard InChI is InChI=1S/C23H17N3O4/c1-29-21-11-4-5-12-22(21)30-23-20(24-18-9-2-3-10-19(18)25-23)14-13-16-7-6-8-17(15-16)26(27)28/h2-15H,1H3. The van der Waals surface area contributed by atoms with Gasteiger partial charge >= 0.3 is 0 Å². The van der Waals surface area contributed by atoms with Gasteiger partial charge in [0.1, 0.15) is 5.69 Å². The van der Waals surface area contributed by atoms with Crippen LogP contribution in [0, 0.1) is 10.1 Å². The van der Waals surface area contributed by atoms with Crippen molar-refractivity contribution in [1.82, 2.24) is 9.97 Å². The summed E-state index contributed by atoms with van der Waals surface area (Å²) in [5, 5.41) is 11.0. The highest BCUT2D eigenvalue weighted by molar-refractivity contribution is 5.79. The summed E-state index contributed by atoms with van der Waals surface area (Å²) in [4.78, 5) is 19.8. The summed E-state index contributed by atoms with van der Waals surface area (Å²) in [6.45, 7) is 0. The molecule has 1 heterocycles. The number of aromatic nitrogens is 2. The number of hydrogen-bond donors (Lipinski definition) is 0. The molecule has 0 N–H and O–H groups in total. The topological polar surface area (TPSA) is 87.4 Å². The summed E-state index contributed by atoms with van der Waals surface area (Å²) in [5.74, 6) is 1.38. The van der Waals surface area contributed by atoms with E-state index in [0.29, 0.717) is 39.7 Å². The van der Waals surface area contributed by atoms with Gasteiger partial charge in [-0.1, -0.05) is 42.5 Å². The summed E-state index contributed by atoms with van der Waals surface area (Å²) in [7, 11) is 1.57. The number of hydrogen-bond acceptors (Lipinski definition) is 6. The number of benzene rings is 3. The second kappa shape index (κ2) is 8.40. The average molecular weight is 399 g/mol. The van der Waals surface area contributed by atoms with Gasteiger partial charge in [-0.15, -0.1) is 0 Å². The molecule has 30 heavy (non-hydrogen) atoms. The predicted molar refractivity (Wildman–Crippen MR) is 115 cm³/mol. The van der Waals surface area contributed by atoms with Crippen LogP contribution in [0.15, 0.2) is 72.8 Å². The molecule has 4 aromatic rings. The molecular weight excluding hydrogens is 382 g/mol. The Morgan fingerprint density at radius 3 is 2.30 bits per heavy atom. The van der Waals surface area contributed by atoms with Crippen LogP contribution in [0.2, 0.25) is 0 Å². The molecule has 0 aliphatic heterocycles. The van der Waals surface area contributed by atoms with Gasteiger partial charge in [-0.05, 0) is 35.9 Å². The highest BCUT2D eigenvalue weighted by Gasteiger charge is 2.12. The lowest BCUT2D eigenvalue weighted by Gasteiger charge is -2.11. The second-order valence-electron chi connectivity index (χ2n) is 6.34. The molecule has 0 bridgehead atoms. The number of fused-ring (bicyclic) bond motifs is 1. The molecule has 0 aliphatic carbocycles. The van der Waals surface area contributed by atoms with Crippen LogP contribution in [-0.4, -0.2) is 22.0 Å². The van der Waals surface area contributed by atoms with Gasteiger partial charge in [-0.25, -0.2) is 9.97 Å². The van der Waals surface area contributed by atoms with E-state index < -0.39 is 4.92 Å². The second-order valence-corrected chi connectivity index (χ2v) is 6.34. The molecule has 0 saturated heterocycles. The van der Waals surface area contributed by atoms with Crippen molar-refractivity contribution in [3.8, 4) is 17.4 Å². The largest absolute Gasteiger partial charge is 0.493 e. The molecule has 7 nitrogen and oxygen atoms in total. The van der Waals surface area contributed by atoms with Crippen molar-refractivity contribution in [1.29, 1.82) is 0 Å². The monoisotopic (exact) mass is 399 g/mol. The van der Waals surface area contributed by atoms with Gasteiger partial charge in [-0.3, -0.25) is 10.1 Å². The minimum absolute atomic E-state index is 0.0206. The lowest BCUT2D eigenvalue weighted by Crippen LogP contribution is -1.97. The predicted octanol–water partition coefficient (Wildman–Crippen LogP) is 5.51. The number of nitro benzene ring substituents is 1. The molecule has 0 radical (unpaired) electrons. The third-order valence-corrected chi connectivity index (χ3v) is 4.35. The van der Waals surface area contributed by atoms with E-state index in [-0.39, 0.29) is 5.69 Å². The maximum Gasteiger partial charge on any atom is 0.270 e. The summed E-state index contributed by atoms with van der Waals surface area (Å²) < 4.78 is 11.4. The molecule has 1 aromatic heterocycles. The Morgan fingerprint density at radius 1 is 0.867 bits per heavy atom. The number of nitrogens with zero attached hydrogens (tertiary/aromatic N) is 3. The van der Waals surface area contributed by atoms with E-state index in [2.05, 4.69) is 9.97 Å². The molecule has 7 heteroatoms. The number of non-ortho nitro benzene ring substituents is 1. The highest BCUT2D eigenvalue weighted by Crippen LogP contribution is 2.32. The first-order chi connectivity index (χ1) is 14.6. The van der Waals surface area contributed by atoms with E-state index in [0.717, 1.165) is 0 Å². The van der Waals surface area contributed by atoms with Crippen molar-refractivity contribution < 1.29 is 14.4 Å². The summed E-state index contributed by atoms with van der Waals surface area (Å²) >= 11 is 0. The third-order valence-electron chi connectivity index (χ3n) is 4.35. The van der Waals surface area contributed by atoms with Crippen molar-refractivity contribution in [2.75, 3.05) is 7.11 Å². The smallest absolute Gasteiger partial charge is 0.270 e. The SMILES string of the molecule is COc1ccccc1Oc1nc2ccccc2nc1C=Cc1cccc([N+](=O)[O-])c1. The lowest BCUT2D eigenvalue weighted by atomic mass is 10.2. The van der Waals surface area contributed by atoms with Gasteiger partial charge in [0.2, 0.25) is 5.88 Å². The Hall–Kier alpha value is -4.26. The van der Waals surface area contributed by atoms with Crippen LogP contribution in [0.4, 0.5) is 5.69 Å². The maximum atomic E-state index is 11.0. The third kappa shape index (κ3) is 4.10. The molecule has 0 saturated carbocycles. The fourth-order valence-electron chi connectivity index (χ4n) is 2.91. The Balaban J connectivity index is 1.76. The average Bonchev–Trinajstić information content (AvgIpc) is 2.78. The zero-order valence-electron chi connectivity index (χ0n) is 16.1. The van der Waals surface area contributed by atoms with E-state index in [1.807, 2.05) is 36.4 Å². The minimum atomic E-state index is -0.427. The van der Waals surface area contributed by atoms with Crippen LogP contribution < -0.4 is 9.47 Å². The number of nitro groups is 1. The van der Waals surface area contributed by atoms with Gasteiger partial charge in [0, 0.05) is 12.1 Å². The molecule has 0 spiro atoms. The molecule has 0 atom stereocenters. The van der Waals surface area contributed by atoms with Gasteiger partial charge in [0.15, 0.2) is 11.5 Å². The molecule has 0 unspecified atom stereocenters. The Morgan fingerprint density at radius 2 is 1.57 bits per heavy atom. The van der Waals surface area contributed by atoms with Gasteiger partial charge in [-0.2, -0.15) is 0 Å². The van der Waals surface area contributed by atoms with E-state index in [1.165, 1.54) is 12.1 Å². The number of methoxy groups -OCH3 is 1. The van der Waals surface area contributed by atoms with E-state index in [9.17, 15) is 10.1 Å². The Labute approximate surface area is 172 Å². The van der Waals surface area contributed by atoms with Crippen LogP contribution >= 0.6 is 0 Å². The van der Waals surface area contributed by atoms with Crippen LogP contribution in [0.5, 0.6) is 17.4 Å². The molecule has 4 rings (SSSR count). The normalized spacial score (nSPS) is 11.0. The van der Waals surface area contributed by atoms with Crippen LogP contribution in [0.1, 0.15) is 11.3 Å². The Kier molecular flexibility index (Phi) is 5.34. The number of rotatable bonds is 6. The van der Waals surface area contributed by atoms with Gasteiger partial charge < -0.3 is 9.47 Å². The van der Waals surface area contributed by atoms with Crippen LogP contribution in [0.25, 0.3) is 23.2 Å². The first kappa shape index (κ1) is 19.1. The number of para-hydroxylation sites is 4. The van der Waals surface area contributed by atoms with E-state index in [1.54, 1.807) is 43.5 Å². The summed E-state index contributed by atoms with van der Waals surface area (Å²) in [6, 6.07) is 21.1. The van der Waals surface area contributed by atoms with Crippen LogP contribution in [-0.2, 0) is 0 Å². The van der Waals surface area contributed by atoms with Crippen molar-refractivity contribution in [2.24, 2.45) is 0 Å². The maximum absolute atomic E-state index is 11.0. The first-order valence-corrected chi connectivity index (χ1v) is 9.14. The van der Waals surface area contributed by atoms with Crippen molar-refractivity contribution in [2.45, 2.75) is 0 Å². The lowest BCUT2D eigenvalue weighted by molar-refractivity contribution is -0.384. The summed E-state index contributed by atoms with van der Waals surface area (Å²) in [6.07, 6.45) is 3.46. The highest BCUT2D eigenvalue weighted by atomic mass is 16.6. The zero-order chi connectivity index (χ0) is 20.9. The van der Waals surface area contributed by atoms with Crippen LogP contribution in [0.3, 0.4) is 0 Å². The summed E-state index contributed by atoms with van der Waals surface area (Å²) in [5.41, 5.74) is 2.58. The molecule has 148 valence electrons. The molecule has 0 aliphatic rings. The molecule has 3 aromatic carbocycles. The van der Waals surface area contributed by atoms with E-state index >= 15 is 0 Å². The Bertz CT molecular complexity index is 1250. The minimum Gasteiger partial charge on any atom is -0.493 e. The molecular formula is C23H17N3O4. The molecule has 0 fully saturated rings. The quantitative estimate of drug-likeness (QED) is 0.314. The first-order valence-electron chi connectivity index (χ1n) is 9.14. The van der Waals surface area contributed by atoms with Crippen molar-refractivity contribution in [3.63, 3.8) is 0 Å².